The molecular formula is C13H20BrN3O2S. The third-order valence-electron chi connectivity index (χ3n) is 3.62. The maximum absolute atomic E-state index is 11.0. The van der Waals surface area contributed by atoms with Gasteiger partial charge in [-0.1, -0.05) is 6.92 Å². The van der Waals surface area contributed by atoms with Crippen molar-refractivity contribution in [1.29, 1.82) is 0 Å². The summed E-state index contributed by atoms with van der Waals surface area (Å²) in [4.78, 5) is 13.3. The van der Waals surface area contributed by atoms with Crippen molar-refractivity contribution in [3.05, 3.63) is 15.9 Å². The first kappa shape index (κ1) is 15.9. The number of rotatable bonds is 5. The maximum Gasteiger partial charge on any atom is 0.304 e. The van der Waals surface area contributed by atoms with Crippen molar-refractivity contribution in [1.82, 2.24) is 14.7 Å². The number of aromatic nitrogens is 2. The van der Waals surface area contributed by atoms with Crippen molar-refractivity contribution in [2.24, 2.45) is 7.05 Å². The Morgan fingerprint density at radius 1 is 1.60 bits per heavy atom. The number of carboxylic acid groups (broad SMARTS) is 1. The topological polar surface area (TPSA) is 58.4 Å². The average molecular weight is 362 g/mol. The Kier molecular flexibility index (Phi) is 5.51. The number of nitrogens with zero attached hydrogens (tertiary/aromatic N) is 3. The highest BCUT2D eigenvalue weighted by Gasteiger charge is 2.27. The summed E-state index contributed by atoms with van der Waals surface area (Å²) in [6, 6.07) is 0.109. The third-order valence-corrected chi connectivity index (χ3v) is 5.62. The first-order valence-electron chi connectivity index (χ1n) is 6.76. The van der Waals surface area contributed by atoms with Crippen molar-refractivity contribution < 1.29 is 9.90 Å². The lowest BCUT2D eigenvalue weighted by Crippen LogP contribution is -2.43. The van der Waals surface area contributed by atoms with Crippen molar-refractivity contribution in [3.8, 4) is 0 Å². The highest BCUT2D eigenvalue weighted by Crippen LogP contribution is 2.26. The van der Waals surface area contributed by atoms with Crippen molar-refractivity contribution in [2.45, 2.75) is 32.4 Å². The molecular weight excluding hydrogens is 342 g/mol. The molecule has 1 unspecified atom stereocenters. The van der Waals surface area contributed by atoms with Crippen LogP contribution in [0.5, 0.6) is 0 Å². The molecule has 0 radical (unpaired) electrons. The molecule has 5 nitrogen and oxygen atoms in total. The van der Waals surface area contributed by atoms with Crippen LogP contribution in [-0.2, 0) is 24.8 Å². The predicted octanol–water partition coefficient (Wildman–Crippen LogP) is 2.14. The average Bonchev–Trinajstić information content (AvgIpc) is 2.67. The summed E-state index contributed by atoms with van der Waals surface area (Å²) < 4.78 is 2.97. The fourth-order valence-electron chi connectivity index (χ4n) is 2.47. The van der Waals surface area contributed by atoms with E-state index in [-0.39, 0.29) is 12.5 Å². The second-order valence-electron chi connectivity index (χ2n) is 4.98. The fraction of sp³-hybridized carbons (Fsp3) is 0.692. The molecule has 0 amide bonds. The molecule has 1 N–H and O–H groups in total. The molecule has 1 saturated heterocycles. The predicted molar refractivity (Wildman–Crippen MR) is 84.1 cm³/mol. The molecule has 1 aliphatic rings. The second-order valence-corrected chi connectivity index (χ2v) is 6.92. The minimum Gasteiger partial charge on any atom is -0.481 e. The lowest BCUT2D eigenvalue weighted by atomic mass is 10.2. The van der Waals surface area contributed by atoms with Gasteiger partial charge in [0.15, 0.2) is 0 Å². The smallest absolute Gasteiger partial charge is 0.304 e. The van der Waals surface area contributed by atoms with Gasteiger partial charge in [-0.25, -0.2) is 0 Å². The zero-order chi connectivity index (χ0) is 14.7. The van der Waals surface area contributed by atoms with Crippen LogP contribution in [-0.4, -0.2) is 49.8 Å². The van der Waals surface area contributed by atoms with Gasteiger partial charge >= 0.3 is 5.97 Å². The van der Waals surface area contributed by atoms with E-state index in [4.69, 9.17) is 5.11 Å². The van der Waals surface area contributed by atoms with Crippen molar-refractivity contribution >= 4 is 33.7 Å². The van der Waals surface area contributed by atoms with Crippen LogP contribution in [0.4, 0.5) is 0 Å². The standard InChI is InChI=1S/C13H20BrN3O2S/c1-3-10-13(14)11(16(2)15-10)7-17-4-5-20-8-9(17)6-12(18)19/h9H,3-8H2,1-2H3,(H,18,19). The van der Waals surface area contributed by atoms with E-state index < -0.39 is 5.97 Å². The van der Waals surface area contributed by atoms with Gasteiger partial charge in [0.05, 0.1) is 22.3 Å². The Labute approximate surface area is 131 Å². The summed E-state index contributed by atoms with van der Waals surface area (Å²) in [7, 11) is 1.95. The molecule has 2 heterocycles. The van der Waals surface area contributed by atoms with Gasteiger partial charge in [0.25, 0.3) is 0 Å². The zero-order valence-electron chi connectivity index (χ0n) is 11.8. The summed E-state index contributed by atoms with van der Waals surface area (Å²) >= 11 is 5.47. The molecule has 1 aromatic heterocycles. The Balaban J connectivity index is 2.14. The third kappa shape index (κ3) is 3.56. The minimum atomic E-state index is -0.721. The monoisotopic (exact) mass is 361 g/mol. The molecule has 1 atom stereocenters. The molecule has 0 spiro atoms. The van der Waals surface area contributed by atoms with E-state index in [1.165, 1.54) is 0 Å². The van der Waals surface area contributed by atoms with Crippen LogP contribution >= 0.6 is 27.7 Å². The molecule has 0 bridgehead atoms. The highest BCUT2D eigenvalue weighted by atomic mass is 79.9. The van der Waals surface area contributed by atoms with Gasteiger partial charge in [-0.15, -0.1) is 0 Å². The van der Waals surface area contributed by atoms with E-state index in [0.717, 1.165) is 46.9 Å². The molecule has 1 aliphatic heterocycles. The first-order valence-corrected chi connectivity index (χ1v) is 8.71. The summed E-state index contributed by atoms with van der Waals surface area (Å²) in [6.45, 7) is 3.77. The first-order chi connectivity index (χ1) is 9.52. The van der Waals surface area contributed by atoms with Gasteiger partial charge in [0.1, 0.15) is 0 Å². The Hall–Kier alpha value is -0.530. The van der Waals surface area contributed by atoms with Crippen molar-refractivity contribution in [3.63, 3.8) is 0 Å². The summed E-state index contributed by atoms with van der Waals surface area (Å²) in [5, 5.41) is 13.5. The van der Waals surface area contributed by atoms with Crippen LogP contribution in [0.2, 0.25) is 0 Å². The lowest BCUT2D eigenvalue weighted by Gasteiger charge is -2.34. The Morgan fingerprint density at radius 3 is 2.95 bits per heavy atom. The van der Waals surface area contributed by atoms with Crippen LogP contribution in [0.15, 0.2) is 4.47 Å². The van der Waals surface area contributed by atoms with E-state index in [2.05, 4.69) is 32.9 Å². The fourth-order valence-corrected chi connectivity index (χ4v) is 4.34. The molecule has 0 saturated carbocycles. The number of thioether (sulfide) groups is 1. The zero-order valence-corrected chi connectivity index (χ0v) is 14.2. The second kappa shape index (κ2) is 6.95. The van der Waals surface area contributed by atoms with Crippen LogP contribution in [0.25, 0.3) is 0 Å². The molecule has 0 aliphatic carbocycles. The molecule has 2 rings (SSSR count). The Bertz CT molecular complexity index is 492. The number of aliphatic carboxylic acids is 1. The highest BCUT2D eigenvalue weighted by molar-refractivity contribution is 9.10. The van der Waals surface area contributed by atoms with Crippen LogP contribution < -0.4 is 0 Å². The quantitative estimate of drug-likeness (QED) is 0.870. The summed E-state index contributed by atoms with van der Waals surface area (Å²) in [5.41, 5.74) is 2.19. The number of carboxylic acids is 1. The lowest BCUT2D eigenvalue weighted by molar-refractivity contribution is -0.138. The maximum atomic E-state index is 11.0. The van der Waals surface area contributed by atoms with Crippen LogP contribution in [0, 0.1) is 0 Å². The van der Waals surface area contributed by atoms with Gasteiger partial charge < -0.3 is 5.11 Å². The molecule has 7 heteroatoms. The molecule has 1 fully saturated rings. The summed E-state index contributed by atoms with van der Waals surface area (Å²) in [6.07, 6.45) is 1.10. The van der Waals surface area contributed by atoms with Gasteiger partial charge in [0, 0.05) is 37.7 Å². The van der Waals surface area contributed by atoms with E-state index >= 15 is 0 Å². The van der Waals surface area contributed by atoms with Gasteiger partial charge in [-0.2, -0.15) is 16.9 Å². The molecule has 112 valence electrons. The molecule has 1 aromatic rings. The SMILES string of the molecule is CCc1nn(C)c(CN2CCSCC2CC(=O)O)c1Br. The van der Waals surface area contributed by atoms with E-state index in [1.807, 2.05) is 23.5 Å². The normalized spacial score (nSPS) is 20.2. The van der Waals surface area contributed by atoms with E-state index in [0.29, 0.717) is 0 Å². The van der Waals surface area contributed by atoms with E-state index in [9.17, 15) is 4.79 Å². The summed E-state index contributed by atoms with van der Waals surface area (Å²) in [5.74, 6) is 1.23. The van der Waals surface area contributed by atoms with Gasteiger partial charge in [-0.05, 0) is 22.4 Å². The molecule has 20 heavy (non-hydrogen) atoms. The molecule has 0 aromatic carbocycles. The number of aryl methyl sites for hydroxylation is 2. The Morgan fingerprint density at radius 2 is 2.35 bits per heavy atom. The van der Waals surface area contributed by atoms with Gasteiger partial charge in [-0.3, -0.25) is 14.4 Å². The minimum absolute atomic E-state index is 0.109. The number of hydrogen-bond donors (Lipinski definition) is 1. The van der Waals surface area contributed by atoms with Crippen LogP contribution in [0.3, 0.4) is 0 Å². The van der Waals surface area contributed by atoms with Gasteiger partial charge in [0.2, 0.25) is 0 Å². The number of halogens is 1. The van der Waals surface area contributed by atoms with Crippen molar-refractivity contribution in [2.75, 3.05) is 18.1 Å². The van der Waals surface area contributed by atoms with Crippen LogP contribution in [0.1, 0.15) is 24.7 Å². The largest absolute Gasteiger partial charge is 0.481 e. The number of carbonyl (C=O) groups is 1. The number of hydrogen-bond acceptors (Lipinski definition) is 4. The van der Waals surface area contributed by atoms with E-state index in [1.54, 1.807) is 0 Å².